The van der Waals surface area contributed by atoms with Crippen molar-refractivity contribution >= 4 is 23.3 Å². The minimum Gasteiger partial charge on any atom is -0.463 e. The molecular formula is C16H18N2O7. The Hall–Kier alpha value is -2.68. The molecule has 0 radical (unpaired) electrons. The molecule has 1 N–H and O–H groups in total. The Morgan fingerprint density at radius 2 is 2.24 bits per heavy atom. The van der Waals surface area contributed by atoms with E-state index < -0.39 is 23.2 Å². The van der Waals surface area contributed by atoms with Gasteiger partial charge in [-0.2, -0.15) is 0 Å². The fraction of sp³-hybridized carbons (Fsp3) is 0.500. The second-order valence-electron chi connectivity index (χ2n) is 6.04. The smallest absolute Gasteiger partial charge is 0.331 e. The minimum atomic E-state index is -0.710. The van der Waals surface area contributed by atoms with Crippen molar-refractivity contribution in [3.8, 4) is 0 Å². The van der Waals surface area contributed by atoms with Gasteiger partial charge in [0.2, 0.25) is 6.29 Å². The predicted octanol–water partition coefficient (Wildman–Crippen LogP) is 1.62. The van der Waals surface area contributed by atoms with Crippen LogP contribution in [0.3, 0.4) is 0 Å². The Kier molecular flexibility index (Phi) is 4.84. The molecule has 2 aliphatic heterocycles. The van der Waals surface area contributed by atoms with E-state index >= 15 is 0 Å². The molecule has 0 spiro atoms. The first-order valence-corrected chi connectivity index (χ1v) is 7.94. The normalized spacial score (nSPS) is 28.0. The lowest BCUT2D eigenvalue weighted by atomic mass is 9.92. The Labute approximate surface area is 143 Å². The van der Waals surface area contributed by atoms with Crippen molar-refractivity contribution in [2.45, 2.75) is 38.2 Å². The number of anilines is 1. The second-order valence-corrected chi connectivity index (χ2v) is 6.04. The number of hydrogen-bond donors (Lipinski definition) is 1. The monoisotopic (exact) mass is 350 g/mol. The van der Waals surface area contributed by atoms with Gasteiger partial charge in [0.25, 0.3) is 5.69 Å². The largest absolute Gasteiger partial charge is 0.463 e. The maximum Gasteiger partial charge on any atom is 0.331 e. The van der Waals surface area contributed by atoms with E-state index in [9.17, 15) is 19.7 Å². The number of nitro groups is 1. The van der Waals surface area contributed by atoms with Crippen molar-refractivity contribution in [3.05, 3.63) is 34.4 Å². The molecule has 0 amide bonds. The molecule has 0 aromatic heterocycles. The summed E-state index contributed by atoms with van der Waals surface area (Å²) in [6.45, 7) is 1.44. The third-order valence-electron chi connectivity index (χ3n) is 4.26. The average Bonchev–Trinajstić information content (AvgIpc) is 2.88. The summed E-state index contributed by atoms with van der Waals surface area (Å²) in [5, 5.41) is 13.9. The van der Waals surface area contributed by atoms with Crippen LogP contribution >= 0.6 is 0 Å². The fourth-order valence-corrected chi connectivity index (χ4v) is 3.06. The van der Waals surface area contributed by atoms with Crippen molar-refractivity contribution in [1.29, 1.82) is 0 Å². The van der Waals surface area contributed by atoms with Crippen molar-refractivity contribution in [1.82, 2.24) is 0 Å². The highest BCUT2D eigenvalue weighted by molar-refractivity contribution is 5.82. The zero-order valence-electron chi connectivity index (χ0n) is 13.5. The van der Waals surface area contributed by atoms with Gasteiger partial charge in [0.05, 0.1) is 16.9 Å². The number of benzene rings is 1. The molecule has 4 atom stereocenters. The van der Waals surface area contributed by atoms with Crippen LogP contribution in [0.15, 0.2) is 24.3 Å². The summed E-state index contributed by atoms with van der Waals surface area (Å²) in [7, 11) is 0. The van der Waals surface area contributed by atoms with Gasteiger partial charge in [0.1, 0.15) is 12.6 Å². The highest BCUT2D eigenvalue weighted by Gasteiger charge is 2.48. The van der Waals surface area contributed by atoms with Crippen LogP contribution in [0.1, 0.15) is 19.8 Å². The van der Waals surface area contributed by atoms with Gasteiger partial charge in [0.15, 0.2) is 0 Å². The molecule has 2 fully saturated rings. The summed E-state index contributed by atoms with van der Waals surface area (Å²) in [5.41, 5.74) is 0.410. The van der Waals surface area contributed by atoms with Gasteiger partial charge in [0, 0.05) is 24.7 Å². The first-order valence-electron chi connectivity index (χ1n) is 7.94. The number of carbonyl (C=O) groups is 2. The van der Waals surface area contributed by atoms with Gasteiger partial charge in [-0.3, -0.25) is 14.9 Å². The SMILES string of the molecule is CC(=O)OC[C@@H]1CC[C@@H]2[C@@H](OC(=O)[C@@H]2Nc2cccc([N+](=O)[O-])c2)O1. The molecule has 134 valence electrons. The minimum absolute atomic E-state index is 0.0609. The van der Waals surface area contributed by atoms with E-state index in [0.29, 0.717) is 18.5 Å². The molecule has 1 aromatic rings. The van der Waals surface area contributed by atoms with E-state index in [4.69, 9.17) is 14.2 Å². The summed E-state index contributed by atoms with van der Waals surface area (Å²) >= 11 is 0. The van der Waals surface area contributed by atoms with Gasteiger partial charge in [-0.1, -0.05) is 6.07 Å². The maximum absolute atomic E-state index is 12.2. The number of carbonyl (C=O) groups excluding carboxylic acids is 2. The molecule has 9 nitrogen and oxygen atoms in total. The average molecular weight is 350 g/mol. The summed E-state index contributed by atoms with van der Waals surface area (Å²) in [4.78, 5) is 33.4. The second kappa shape index (κ2) is 7.06. The van der Waals surface area contributed by atoms with E-state index in [0.717, 1.165) is 0 Å². The van der Waals surface area contributed by atoms with E-state index in [-0.39, 0.29) is 30.3 Å². The fourth-order valence-electron chi connectivity index (χ4n) is 3.06. The summed E-state index contributed by atoms with van der Waals surface area (Å²) in [6, 6.07) is 5.31. The highest BCUT2D eigenvalue weighted by atomic mass is 16.7. The first kappa shape index (κ1) is 17.2. The molecule has 2 saturated heterocycles. The first-order chi connectivity index (χ1) is 11.9. The van der Waals surface area contributed by atoms with Crippen LogP contribution < -0.4 is 5.32 Å². The third kappa shape index (κ3) is 3.87. The standard InChI is InChI=1S/C16H18N2O7/c1-9(19)23-8-12-5-6-13-14(15(20)25-16(13)24-12)17-10-3-2-4-11(7-10)18(21)22/h2-4,7,12-14,16-17H,5-6,8H2,1H3/t12-,13-,14+,16+/m0/s1. The molecular weight excluding hydrogens is 332 g/mol. The van der Waals surface area contributed by atoms with Crippen molar-refractivity contribution in [2.75, 3.05) is 11.9 Å². The molecule has 0 saturated carbocycles. The Morgan fingerprint density at radius 1 is 1.44 bits per heavy atom. The Morgan fingerprint density at radius 3 is 2.96 bits per heavy atom. The zero-order chi connectivity index (χ0) is 18.0. The number of nitrogens with zero attached hydrogens (tertiary/aromatic N) is 1. The Balaban J connectivity index is 1.64. The topological polar surface area (TPSA) is 117 Å². The molecule has 25 heavy (non-hydrogen) atoms. The van der Waals surface area contributed by atoms with Crippen LogP contribution in [0.2, 0.25) is 0 Å². The lowest BCUT2D eigenvalue weighted by Crippen LogP contribution is -2.40. The van der Waals surface area contributed by atoms with Crippen LogP contribution in [-0.2, 0) is 23.8 Å². The van der Waals surface area contributed by atoms with Crippen LogP contribution in [0, 0.1) is 16.0 Å². The van der Waals surface area contributed by atoms with Gasteiger partial charge >= 0.3 is 11.9 Å². The highest BCUT2D eigenvalue weighted by Crippen LogP contribution is 2.36. The quantitative estimate of drug-likeness (QED) is 0.483. The Bertz CT molecular complexity index is 693. The summed E-state index contributed by atoms with van der Waals surface area (Å²) in [6.07, 6.45) is 0.250. The number of fused-ring (bicyclic) bond motifs is 1. The number of nitrogens with one attached hydrogen (secondary N) is 1. The van der Waals surface area contributed by atoms with Crippen LogP contribution in [-0.4, -0.2) is 41.9 Å². The lowest BCUT2D eigenvalue weighted by molar-refractivity contribution is -0.384. The number of non-ortho nitro benzene ring substituents is 1. The summed E-state index contributed by atoms with van der Waals surface area (Å²) < 4.78 is 15.9. The van der Waals surface area contributed by atoms with Crippen LogP contribution in [0.4, 0.5) is 11.4 Å². The number of nitro benzene ring substituents is 1. The van der Waals surface area contributed by atoms with Crippen molar-refractivity contribution in [2.24, 2.45) is 5.92 Å². The van der Waals surface area contributed by atoms with E-state index in [2.05, 4.69) is 5.32 Å². The molecule has 9 heteroatoms. The van der Waals surface area contributed by atoms with Crippen molar-refractivity contribution < 1.29 is 28.7 Å². The van der Waals surface area contributed by atoms with Crippen LogP contribution in [0.25, 0.3) is 0 Å². The number of rotatable bonds is 5. The van der Waals surface area contributed by atoms with E-state index in [1.807, 2.05) is 0 Å². The molecule has 0 unspecified atom stereocenters. The number of ether oxygens (including phenoxy) is 3. The summed E-state index contributed by atoms with van der Waals surface area (Å²) in [5.74, 6) is -1.06. The van der Waals surface area contributed by atoms with Gasteiger partial charge in [-0.05, 0) is 18.9 Å². The number of hydrogen-bond acceptors (Lipinski definition) is 8. The molecule has 0 bridgehead atoms. The van der Waals surface area contributed by atoms with Crippen LogP contribution in [0.5, 0.6) is 0 Å². The van der Waals surface area contributed by atoms with E-state index in [1.165, 1.54) is 19.1 Å². The van der Waals surface area contributed by atoms with E-state index in [1.54, 1.807) is 12.1 Å². The molecule has 0 aliphatic carbocycles. The molecule has 2 heterocycles. The third-order valence-corrected chi connectivity index (χ3v) is 4.26. The zero-order valence-corrected chi connectivity index (χ0v) is 13.5. The van der Waals surface area contributed by atoms with Gasteiger partial charge < -0.3 is 19.5 Å². The number of esters is 2. The maximum atomic E-state index is 12.2. The molecule has 3 rings (SSSR count). The van der Waals surface area contributed by atoms with Gasteiger partial charge in [-0.15, -0.1) is 0 Å². The molecule has 2 aliphatic rings. The predicted molar refractivity (Wildman–Crippen MR) is 84.6 cm³/mol. The van der Waals surface area contributed by atoms with Gasteiger partial charge in [-0.25, -0.2) is 4.79 Å². The molecule has 1 aromatic carbocycles. The van der Waals surface area contributed by atoms with Crippen molar-refractivity contribution in [3.63, 3.8) is 0 Å². The lowest BCUT2D eigenvalue weighted by Gasteiger charge is -2.31.